The Kier molecular flexibility index (Phi) is 5.02. The molecule has 5 heteroatoms. The molecule has 0 N–H and O–H groups in total. The minimum absolute atomic E-state index is 0.193. The van der Waals surface area contributed by atoms with Gasteiger partial charge in [0.25, 0.3) is 10.1 Å². The highest BCUT2D eigenvalue weighted by Gasteiger charge is 2.23. The van der Waals surface area contributed by atoms with Gasteiger partial charge in [0.2, 0.25) is 0 Å². The third-order valence-electron chi connectivity index (χ3n) is 2.89. The number of likely N-dealkylation sites (tertiary alicyclic amines) is 1. The topological polar surface area (TPSA) is 46.6 Å². The predicted octanol–water partition coefficient (Wildman–Crippen LogP) is 1.08. The first kappa shape index (κ1) is 12.9. The molecule has 15 heavy (non-hydrogen) atoms. The summed E-state index contributed by atoms with van der Waals surface area (Å²) in [6.07, 6.45) is 1.94. The van der Waals surface area contributed by atoms with Crippen molar-refractivity contribution in [3.8, 4) is 0 Å². The summed E-state index contributed by atoms with van der Waals surface area (Å²) in [6, 6.07) is 0. The molecule has 4 nitrogen and oxygen atoms in total. The standard InChI is InChI=1S/C10H21NO3S/c1-3-11-7-5-10(6-8-11)9-15(12,13)14-4-2/h10H,3-9H2,1-2H3. The zero-order valence-corrected chi connectivity index (χ0v) is 10.4. The van der Waals surface area contributed by atoms with Crippen LogP contribution in [-0.4, -0.2) is 45.3 Å². The molecule has 1 saturated heterocycles. The van der Waals surface area contributed by atoms with Gasteiger partial charge in [0, 0.05) is 0 Å². The van der Waals surface area contributed by atoms with E-state index in [4.69, 9.17) is 4.18 Å². The highest BCUT2D eigenvalue weighted by Crippen LogP contribution is 2.19. The van der Waals surface area contributed by atoms with Crippen LogP contribution in [-0.2, 0) is 14.3 Å². The Labute approximate surface area is 92.7 Å². The fraction of sp³-hybridized carbons (Fsp3) is 1.00. The number of piperidine rings is 1. The van der Waals surface area contributed by atoms with Crippen molar-refractivity contribution in [1.29, 1.82) is 0 Å². The van der Waals surface area contributed by atoms with Crippen LogP contribution in [0.15, 0.2) is 0 Å². The number of nitrogens with zero attached hydrogens (tertiary/aromatic N) is 1. The smallest absolute Gasteiger partial charge is 0.267 e. The highest BCUT2D eigenvalue weighted by molar-refractivity contribution is 7.86. The highest BCUT2D eigenvalue weighted by atomic mass is 32.2. The lowest BCUT2D eigenvalue weighted by atomic mass is 9.99. The van der Waals surface area contributed by atoms with E-state index in [1.165, 1.54) is 0 Å². The third kappa shape index (κ3) is 4.49. The molecule has 0 radical (unpaired) electrons. The summed E-state index contributed by atoms with van der Waals surface area (Å²) in [4.78, 5) is 2.35. The summed E-state index contributed by atoms with van der Waals surface area (Å²) < 4.78 is 27.6. The molecule has 1 rings (SSSR count). The van der Waals surface area contributed by atoms with E-state index in [0.717, 1.165) is 32.5 Å². The molecule has 0 bridgehead atoms. The maximum Gasteiger partial charge on any atom is 0.267 e. The summed E-state index contributed by atoms with van der Waals surface area (Å²) in [5.74, 6) is 0.475. The summed E-state index contributed by atoms with van der Waals surface area (Å²) in [7, 11) is -3.27. The van der Waals surface area contributed by atoms with E-state index in [2.05, 4.69) is 11.8 Å². The van der Waals surface area contributed by atoms with Gasteiger partial charge in [-0.3, -0.25) is 4.18 Å². The van der Waals surface area contributed by atoms with Crippen LogP contribution in [0.25, 0.3) is 0 Å². The fourth-order valence-electron chi connectivity index (χ4n) is 1.99. The Hall–Kier alpha value is -0.130. The fourth-order valence-corrected chi connectivity index (χ4v) is 3.35. The Morgan fingerprint density at radius 2 is 1.87 bits per heavy atom. The van der Waals surface area contributed by atoms with Crippen LogP contribution < -0.4 is 0 Å². The number of rotatable bonds is 5. The molecule has 0 aromatic heterocycles. The molecule has 0 saturated carbocycles. The molecule has 1 aliphatic rings. The van der Waals surface area contributed by atoms with Crippen molar-refractivity contribution in [3.63, 3.8) is 0 Å². The molecule has 90 valence electrons. The van der Waals surface area contributed by atoms with Crippen LogP contribution in [0.1, 0.15) is 26.7 Å². The molecule has 0 spiro atoms. The minimum atomic E-state index is -3.27. The molecule has 1 fully saturated rings. The van der Waals surface area contributed by atoms with Gasteiger partial charge in [-0.2, -0.15) is 8.42 Å². The second-order valence-electron chi connectivity index (χ2n) is 4.01. The average molecular weight is 235 g/mol. The van der Waals surface area contributed by atoms with E-state index in [0.29, 0.717) is 0 Å². The van der Waals surface area contributed by atoms with Crippen LogP contribution in [0.3, 0.4) is 0 Å². The van der Waals surface area contributed by atoms with Crippen molar-refractivity contribution in [3.05, 3.63) is 0 Å². The Morgan fingerprint density at radius 1 is 1.27 bits per heavy atom. The van der Waals surface area contributed by atoms with E-state index in [9.17, 15) is 8.42 Å². The average Bonchev–Trinajstić information content (AvgIpc) is 2.18. The molecular weight excluding hydrogens is 214 g/mol. The SMILES string of the molecule is CCOS(=O)(=O)CC1CCN(CC)CC1. The normalized spacial score (nSPS) is 20.7. The zero-order valence-electron chi connectivity index (χ0n) is 9.61. The van der Waals surface area contributed by atoms with Crippen molar-refractivity contribution in [2.75, 3.05) is 32.0 Å². The summed E-state index contributed by atoms with van der Waals surface area (Å²) in [5.41, 5.74) is 0. The quantitative estimate of drug-likeness (QED) is 0.669. The van der Waals surface area contributed by atoms with Gasteiger partial charge in [-0.15, -0.1) is 0 Å². The van der Waals surface area contributed by atoms with Gasteiger partial charge in [0.1, 0.15) is 0 Å². The Morgan fingerprint density at radius 3 is 2.33 bits per heavy atom. The predicted molar refractivity (Wildman–Crippen MR) is 60.3 cm³/mol. The largest absolute Gasteiger partial charge is 0.304 e. The van der Waals surface area contributed by atoms with Gasteiger partial charge in [-0.25, -0.2) is 0 Å². The minimum Gasteiger partial charge on any atom is -0.304 e. The summed E-state index contributed by atoms with van der Waals surface area (Å²) in [6.45, 7) is 7.18. The van der Waals surface area contributed by atoms with Crippen molar-refractivity contribution in [2.45, 2.75) is 26.7 Å². The second kappa shape index (κ2) is 5.82. The maximum absolute atomic E-state index is 11.4. The molecule has 1 heterocycles. The van der Waals surface area contributed by atoms with E-state index in [1.54, 1.807) is 6.92 Å². The first-order valence-corrected chi connectivity index (χ1v) is 7.24. The molecule has 0 aliphatic carbocycles. The molecule has 0 amide bonds. The maximum atomic E-state index is 11.4. The number of hydrogen-bond acceptors (Lipinski definition) is 4. The molecule has 0 unspecified atom stereocenters. The first-order chi connectivity index (χ1) is 7.07. The molecular formula is C10H21NO3S. The second-order valence-corrected chi connectivity index (χ2v) is 5.69. The number of hydrogen-bond donors (Lipinski definition) is 0. The van der Waals surface area contributed by atoms with Gasteiger partial charge in [-0.1, -0.05) is 6.92 Å². The van der Waals surface area contributed by atoms with Crippen molar-refractivity contribution < 1.29 is 12.6 Å². The van der Waals surface area contributed by atoms with Crippen molar-refractivity contribution in [1.82, 2.24) is 4.90 Å². The lowest BCUT2D eigenvalue weighted by Crippen LogP contribution is -2.35. The van der Waals surface area contributed by atoms with Crippen LogP contribution in [0.5, 0.6) is 0 Å². The van der Waals surface area contributed by atoms with Gasteiger partial charge in [0.05, 0.1) is 12.4 Å². The van der Waals surface area contributed by atoms with Gasteiger partial charge < -0.3 is 4.90 Å². The Bertz CT molecular complexity index is 268. The van der Waals surface area contributed by atoms with E-state index < -0.39 is 10.1 Å². The van der Waals surface area contributed by atoms with Crippen LogP contribution in [0.4, 0.5) is 0 Å². The molecule has 1 aliphatic heterocycles. The zero-order chi connectivity index (χ0) is 11.3. The van der Waals surface area contributed by atoms with E-state index in [-0.39, 0.29) is 18.3 Å². The monoisotopic (exact) mass is 235 g/mol. The van der Waals surface area contributed by atoms with Crippen LogP contribution in [0.2, 0.25) is 0 Å². The van der Waals surface area contributed by atoms with Gasteiger partial charge in [-0.05, 0) is 45.3 Å². The van der Waals surface area contributed by atoms with Crippen molar-refractivity contribution in [2.24, 2.45) is 5.92 Å². The third-order valence-corrected chi connectivity index (χ3v) is 4.37. The summed E-state index contributed by atoms with van der Waals surface area (Å²) >= 11 is 0. The Balaban J connectivity index is 2.35. The van der Waals surface area contributed by atoms with E-state index in [1.807, 2.05) is 0 Å². The van der Waals surface area contributed by atoms with Crippen LogP contribution in [0, 0.1) is 5.92 Å². The molecule has 0 aromatic rings. The molecule has 0 aromatic carbocycles. The molecule has 0 atom stereocenters. The van der Waals surface area contributed by atoms with Gasteiger partial charge >= 0.3 is 0 Å². The van der Waals surface area contributed by atoms with E-state index >= 15 is 0 Å². The lowest BCUT2D eigenvalue weighted by Gasteiger charge is -2.30. The van der Waals surface area contributed by atoms with Gasteiger partial charge in [0.15, 0.2) is 0 Å². The van der Waals surface area contributed by atoms with Crippen LogP contribution >= 0.6 is 0 Å². The first-order valence-electron chi connectivity index (χ1n) is 5.66. The lowest BCUT2D eigenvalue weighted by molar-refractivity contribution is 0.199. The summed E-state index contributed by atoms with van der Waals surface area (Å²) in [5, 5.41) is 0. The van der Waals surface area contributed by atoms with Crippen molar-refractivity contribution >= 4 is 10.1 Å².